The van der Waals surface area contributed by atoms with Gasteiger partial charge in [0.15, 0.2) is 0 Å². The lowest BCUT2D eigenvalue weighted by atomic mass is 10.2. The number of nitrogens with one attached hydrogen (secondary N) is 2. The minimum Gasteiger partial charge on any atom is -0.382 e. The topological polar surface area (TPSA) is 71.7 Å². The van der Waals surface area contributed by atoms with E-state index in [1.807, 2.05) is 32.0 Å². The zero-order chi connectivity index (χ0) is 13.5. The van der Waals surface area contributed by atoms with Gasteiger partial charge in [0.25, 0.3) is 0 Å². The predicted octanol–water partition coefficient (Wildman–Crippen LogP) is 1.91. The highest BCUT2D eigenvalue weighted by atomic mass is 35.5. The van der Waals surface area contributed by atoms with E-state index in [4.69, 9.17) is 22.2 Å². The van der Waals surface area contributed by atoms with Crippen molar-refractivity contribution in [3.05, 3.63) is 28.8 Å². The van der Waals surface area contributed by atoms with Crippen LogP contribution in [0.5, 0.6) is 0 Å². The highest BCUT2D eigenvalue weighted by Crippen LogP contribution is 2.24. The quantitative estimate of drug-likeness (QED) is 0.338. The van der Waals surface area contributed by atoms with Gasteiger partial charge in [-0.15, -0.1) is 0 Å². The number of hydrogen-bond donors (Lipinski definition) is 3. The lowest BCUT2D eigenvalue weighted by molar-refractivity contribution is 0.185. The lowest BCUT2D eigenvalue weighted by Gasteiger charge is -2.13. The summed E-state index contributed by atoms with van der Waals surface area (Å²) in [5.41, 5.74) is 4.26. The Labute approximate surface area is 112 Å². The summed E-state index contributed by atoms with van der Waals surface area (Å²) in [6.45, 7) is 4.39. The van der Waals surface area contributed by atoms with Crippen molar-refractivity contribution in [2.24, 2.45) is 10.8 Å². The smallest absolute Gasteiger partial charge is 0.210 e. The van der Waals surface area contributed by atoms with Crippen LogP contribution in [0.25, 0.3) is 0 Å². The first-order chi connectivity index (χ1) is 8.58. The molecule has 0 aliphatic carbocycles. The summed E-state index contributed by atoms with van der Waals surface area (Å²) in [6.07, 6.45) is 0. The van der Waals surface area contributed by atoms with Gasteiger partial charge in [-0.25, -0.2) is 10.8 Å². The molecule has 1 aromatic rings. The highest BCUT2D eigenvalue weighted by Gasteiger charge is 2.06. The summed E-state index contributed by atoms with van der Waals surface area (Å²) in [5.74, 6) is 5.88. The average molecular weight is 271 g/mol. The fourth-order valence-corrected chi connectivity index (χ4v) is 1.65. The van der Waals surface area contributed by atoms with Crippen LogP contribution in [0.2, 0.25) is 5.02 Å². The molecule has 1 atom stereocenters. The Bertz CT molecular complexity index is 423. The average Bonchev–Trinajstić information content (AvgIpc) is 2.34. The number of aryl methyl sites for hydroxylation is 1. The summed E-state index contributed by atoms with van der Waals surface area (Å²) in [7, 11) is 1.63. The molecule has 18 heavy (non-hydrogen) atoms. The van der Waals surface area contributed by atoms with E-state index < -0.39 is 0 Å². The number of benzene rings is 1. The van der Waals surface area contributed by atoms with Gasteiger partial charge in [0, 0.05) is 7.11 Å². The van der Waals surface area contributed by atoms with Crippen LogP contribution in [0.3, 0.4) is 0 Å². The maximum Gasteiger partial charge on any atom is 0.210 e. The Kier molecular flexibility index (Phi) is 5.91. The minimum absolute atomic E-state index is 0.00265. The van der Waals surface area contributed by atoms with E-state index in [9.17, 15) is 0 Å². The van der Waals surface area contributed by atoms with E-state index in [1.54, 1.807) is 7.11 Å². The highest BCUT2D eigenvalue weighted by molar-refractivity contribution is 6.34. The fraction of sp³-hybridized carbons (Fsp3) is 0.417. The van der Waals surface area contributed by atoms with Crippen LogP contribution in [0.15, 0.2) is 23.2 Å². The maximum atomic E-state index is 6.18. The second-order valence-electron chi connectivity index (χ2n) is 3.99. The van der Waals surface area contributed by atoms with Gasteiger partial charge in [0.05, 0.1) is 23.4 Å². The summed E-state index contributed by atoms with van der Waals surface area (Å²) >= 11 is 6.18. The van der Waals surface area contributed by atoms with Crippen LogP contribution in [-0.4, -0.2) is 25.7 Å². The molecule has 6 heteroatoms. The minimum atomic E-state index is -0.00265. The number of guanidine groups is 1. The van der Waals surface area contributed by atoms with Crippen LogP contribution >= 0.6 is 11.6 Å². The molecule has 100 valence electrons. The van der Waals surface area contributed by atoms with Crippen LogP contribution in [0, 0.1) is 6.92 Å². The van der Waals surface area contributed by atoms with E-state index in [2.05, 4.69) is 15.7 Å². The molecule has 0 amide bonds. The molecular weight excluding hydrogens is 252 g/mol. The Balaban J connectivity index is 2.83. The van der Waals surface area contributed by atoms with E-state index >= 15 is 0 Å². The number of nitrogens with zero attached hydrogens (tertiary/aromatic N) is 1. The van der Waals surface area contributed by atoms with Gasteiger partial charge in [0.2, 0.25) is 5.96 Å². The van der Waals surface area contributed by atoms with Crippen molar-refractivity contribution in [3.63, 3.8) is 0 Å². The lowest BCUT2D eigenvalue weighted by Crippen LogP contribution is -2.37. The normalized spacial score (nSPS) is 13.3. The van der Waals surface area contributed by atoms with Crippen molar-refractivity contribution in [1.82, 2.24) is 5.43 Å². The van der Waals surface area contributed by atoms with Crippen molar-refractivity contribution in [3.8, 4) is 0 Å². The van der Waals surface area contributed by atoms with Crippen molar-refractivity contribution in [2.45, 2.75) is 19.9 Å². The number of rotatable bonds is 4. The van der Waals surface area contributed by atoms with Crippen LogP contribution in [-0.2, 0) is 4.74 Å². The zero-order valence-electron chi connectivity index (χ0n) is 10.8. The van der Waals surface area contributed by atoms with Gasteiger partial charge >= 0.3 is 0 Å². The number of nitrogens with two attached hydrogens (primary N) is 1. The van der Waals surface area contributed by atoms with E-state index in [1.165, 1.54) is 0 Å². The molecule has 0 saturated heterocycles. The fourth-order valence-electron chi connectivity index (χ4n) is 1.48. The molecule has 1 aromatic carbocycles. The van der Waals surface area contributed by atoms with Crippen molar-refractivity contribution >= 4 is 23.2 Å². The van der Waals surface area contributed by atoms with Crippen LogP contribution in [0.1, 0.15) is 12.5 Å². The molecule has 0 saturated carbocycles. The molecule has 5 nitrogen and oxygen atoms in total. The Morgan fingerprint density at radius 1 is 1.56 bits per heavy atom. The van der Waals surface area contributed by atoms with Crippen molar-refractivity contribution in [2.75, 3.05) is 19.0 Å². The number of methoxy groups -OCH3 is 1. The molecule has 0 aliphatic rings. The van der Waals surface area contributed by atoms with Gasteiger partial charge in [-0.05, 0) is 25.5 Å². The van der Waals surface area contributed by atoms with Crippen molar-refractivity contribution in [1.29, 1.82) is 0 Å². The Morgan fingerprint density at radius 2 is 2.28 bits per heavy atom. The third-order valence-corrected chi connectivity index (χ3v) is 2.84. The molecule has 0 aliphatic heterocycles. The molecular formula is C12H19ClN4O. The summed E-state index contributed by atoms with van der Waals surface area (Å²) in [5, 5.41) is 3.71. The second-order valence-corrected chi connectivity index (χ2v) is 4.37. The number of hydrazine groups is 1. The van der Waals surface area contributed by atoms with E-state index in [0.29, 0.717) is 17.6 Å². The Hall–Kier alpha value is -1.30. The third kappa shape index (κ3) is 4.18. The third-order valence-electron chi connectivity index (χ3n) is 2.34. The van der Waals surface area contributed by atoms with E-state index in [-0.39, 0.29) is 6.04 Å². The Morgan fingerprint density at radius 3 is 2.89 bits per heavy atom. The number of ether oxygens (including phenoxy) is 1. The SMILES string of the molecule is COCC(C)N=C(NN)Nc1cccc(C)c1Cl. The van der Waals surface area contributed by atoms with Crippen molar-refractivity contribution < 1.29 is 4.74 Å². The van der Waals surface area contributed by atoms with Crippen LogP contribution in [0.4, 0.5) is 5.69 Å². The first kappa shape index (κ1) is 14.8. The summed E-state index contributed by atoms with van der Waals surface area (Å²) in [6, 6.07) is 5.71. The first-order valence-electron chi connectivity index (χ1n) is 5.64. The molecule has 1 rings (SSSR count). The molecule has 1 unspecified atom stereocenters. The molecule has 0 aromatic heterocycles. The van der Waals surface area contributed by atoms with Crippen LogP contribution < -0.4 is 16.6 Å². The molecule has 0 fully saturated rings. The molecule has 0 heterocycles. The predicted molar refractivity (Wildman–Crippen MR) is 75.9 cm³/mol. The van der Waals surface area contributed by atoms with Gasteiger partial charge in [-0.3, -0.25) is 5.43 Å². The zero-order valence-corrected chi connectivity index (χ0v) is 11.6. The first-order valence-corrected chi connectivity index (χ1v) is 6.01. The molecule has 0 spiro atoms. The van der Waals surface area contributed by atoms with Gasteiger partial charge in [-0.1, -0.05) is 23.7 Å². The van der Waals surface area contributed by atoms with Gasteiger partial charge in [-0.2, -0.15) is 0 Å². The van der Waals surface area contributed by atoms with Gasteiger partial charge < -0.3 is 10.1 Å². The molecule has 0 bridgehead atoms. The summed E-state index contributed by atoms with van der Waals surface area (Å²) < 4.78 is 5.01. The number of anilines is 1. The van der Waals surface area contributed by atoms with E-state index in [0.717, 1.165) is 11.3 Å². The standard InChI is InChI=1S/C12H19ClN4O/c1-8-5-4-6-10(11(8)13)16-12(17-14)15-9(2)7-18-3/h4-6,9H,7,14H2,1-3H3,(H2,15,16,17). The monoisotopic (exact) mass is 270 g/mol. The number of aliphatic imine (C=N–C) groups is 1. The number of halogens is 1. The largest absolute Gasteiger partial charge is 0.382 e. The molecule has 0 radical (unpaired) electrons. The summed E-state index contributed by atoms with van der Waals surface area (Å²) in [4.78, 5) is 4.34. The number of hydrogen-bond acceptors (Lipinski definition) is 3. The molecule has 4 N–H and O–H groups in total. The van der Waals surface area contributed by atoms with Gasteiger partial charge in [0.1, 0.15) is 0 Å². The maximum absolute atomic E-state index is 6.18. The second kappa shape index (κ2) is 7.20.